The Morgan fingerprint density at radius 3 is 2.47 bits per heavy atom. The molecule has 3 aromatic rings. The van der Waals surface area contributed by atoms with Gasteiger partial charge in [-0.2, -0.15) is 13.2 Å². The molecule has 154 valence electrons. The number of nitrogens with two attached hydrogens (primary N) is 1. The van der Waals surface area contributed by atoms with E-state index in [-0.39, 0.29) is 11.5 Å². The molecule has 1 amide bonds. The first-order valence-electron chi connectivity index (χ1n) is 8.95. The third-order valence-corrected chi connectivity index (χ3v) is 5.06. The number of aromatic nitrogens is 1. The first-order chi connectivity index (χ1) is 14.1. The van der Waals surface area contributed by atoms with E-state index >= 15 is 0 Å². The van der Waals surface area contributed by atoms with E-state index in [0.717, 1.165) is 33.9 Å². The SMILES string of the molecule is Cc1cc(-c2ccoc2)cc(C2(c3ccnc(C(F)(F)F)c3)N=C(N)N(C)C2=O)c1. The molecular weight excluding hydrogens is 397 g/mol. The summed E-state index contributed by atoms with van der Waals surface area (Å²) in [6, 6.07) is 9.24. The summed E-state index contributed by atoms with van der Waals surface area (Å²) in [5.74, 6) is -0.639. The molecule has 2 aromatic heterocycles. The van der Waals surface area contributed by atoms with Gasteiger partial charge in [0, 0.05) is 18.8 Å². The van der Waals surface area contributed by atoms with Gasteiger partial charge in [0.25, 0.3) is 5.91 Å². The Balaban J connectivity index is 2.00. The summed E-state index contributed by atoms with van der Waals surface area (Å²) in [4.78, 5) is 22.2. The number of nitrogens with zero attached hydrogens (tertiary/aromatic N) is 3. The molecule has 1 unspecified atom stereocenters. The maximum absolute atomic E-state index is 13.3. The van der Waals surface area contributed by atoms with Crippen LogP contribution in [0.3, 0.4) is 0 Å². The van der Waals surface area contributed by atoms with Crippen molar-refractivity contribution in [2.45, 2.75) is 18.6 Å². The van der Waals surface area contributed by atoms with Gasteiger partial charge in [0.15, 0.2) is 11.5 Å². The molecule has 2 N–H and O–H groups in total. The van der Waals surface area contributed by atoms with Crippen LogP contribution in [0.5, 0.6) is 0 Å². The van der Waals surface area contributed by atoms with Crippen molar-refractivity contribution in [1.29, 1.82) is 0 Å². The van der Waals surface area contributed by atoms with Gasteiger partial charge >= 0.3 is 6.18 Å². The molecule has 1 aliphatic rings. The second-order valence-corrected chi connectivity index (χ2v) is 7.07. The predicted molar refractivity (Wildman–Crippen MR) is 103 cm³/mol. The first kappa shape index (κ1) is 19.7. The fourth-order valence-corrected chi connectivity index (χ4v) is 3.58. The molecule has 0 fully saturated rings. The van der Waals surface area contributed by atoms with Crippen LogP contribution in [0, 0.1) is 6.92 Å². The summed E-state index contributed by atoms with van der Waals surface area (Å²) in [7, 11) is 1.43. The molecular formula is C21H17F3N4O2. The fraction of sp³-hybridized carbons (Fsp3) is 0.190. The highest BCUT2D eigenvalue weighted by atomic mass is 19.4. The van der Waals surface area contributed by atoms with Crippen LogP contribution in [0.1, 0.15) is 22.4 Å². The maximum atomic E-state index is 13.3. The lowest BCUT2D eigenvalue weighted by molar-refractivity contribution is -0.141. The molecule has 0 bridgehead atoms. The number of furan rings is 1. The number of amides is 1. The molecule has 9 heteroatoms. The average Bonchev–Trinajstić information content (AvgIpc) is 3.31. The Kier molecular flexibility index (Phi) is 4.41. The van der Waals surface area contributed by atoms with Crippen molar-refractivity contribution >= 4 is 11.9 Å². The van der Waals surface area contributed by atoms with Crippen molar-refractivity contribution in [3.05, 3.63) is 77.5 Å². The fourth-order valence-electron chi connectivity index (χ4n) is 3.58. The molecule has 3 heterocycles. The minimum atomic E-state index is -4.67. The number of pyridine rings is 1. The molecule has 6 nitrogen and oxygen atoms in total. The van der Waals surface area contributed by atoms with E-state index in [0.29, 0.717) is 5.56 Å². The lowest BCUT2D eigenvalue weighted by Gasteiger charge is -2.27. The summed E-state index contributed by atoms with van der Waals surface area (Å²) in [6.07, 6.45) is -0.603. The van der Waals surface area contributed by atoms with Crippen LogP contribution < -0.4 is 5.73 Å². The number of benzene rings is 1. The summed E-state index contributed by atoms with van der Waals surface area (Å²) in [5.41, 5.74) is 5.77. The zero-order chi connectivity index (χ0) is 21.7. The van der Waals surface area contributed by atoms with Gasteiger partial charge in [-0.25, -0.2) is 4.99 Å². The van der Waals surface area contributed by atoms with Gasteiger partial charge in [-0.15, -0.1) is 0 Å². The molecule has 1 aliphatic heterocycles. The van der Waals surface area contributed by atoms with Gasteiger partial charge < -0.3 is 10.2 Å². The number of rotatable bonds is 3. The lowest BCUT2D eigenvalue weighted by atomic mass is 9.81. The lowest BCUT2D eigenvalue weighted by Crippen LogP contribution is -2.41. The molecule has 0 radical (unpaired) electrons. The highest BCUT2D eigenvalue weighted by Crippen LogP contribution is 2.42. The van der Waals surface area contributed by atoms with Crippen LogP contribution in [-0.4, -0.2) is 28.8 Å². The number of carbonyl (C=O) groups is 1. The third-order valence-electron chi connectivity index (χ3n) is 5.06. The van der Waals surface area contributed by atoms with Crippen LogP contribution in [0.2, 0.25) is 0 Å². The highest BCUT2D eigenvalue weighted by molar-refractivity contribution is 6.09. The first-order valence-corrected chi connectivity index (χ1v) is 8.95. The molecule has 0 aliphatic carbocycles. The van der Waals surface area contributed by atoms with Gasteiger partial charge in [0.1, 0.15) is 5.69 Å². The van der Waals surface area contributed by atoms with Gasteiger partial charge in [0.05, 0.1) is 12.5 Å². The Hall–Kier alpha value is -3.62. The smallest absolute Gasteiger partial charge is 0.433 e. The topological polar surface area (TPSA) is 84.7 Å². The number of likely N-dealkylation sites (N-methyl/N-ethyl adjacent to an activating group) is 1. The van der Waals surface area contributed by atoms with Gasteiger partial charge in [-0.05, 0) is 47.9 Å². The molecule has 0 spiro atoms. The number of hydrogen-bond donors (Lipinski definition) is 1. The van der Waals surface area contributed by atoms with E-state index in [1.54, 1.807) is 24.5 Å². The van der Waals surface area contributed by atoms with Crippen molar-refractivity contribution in [3.8, 4) is 11.1 Å². The minimum absolute atomic E-state index is 0.0332. The highest BCUT2D eigenvalue weighted by Gasteiger charge is 2.50. The number of aryl methyl sites for hydroxylation is 1. The van der Waals surface area contributed by atoms with E-state index in [9.17, 15) is 18.0 Å². The second-order valence-electron chi connectivity index (χ2n) is 7.07. The predicted octanol–water partition coefficient (Wildman–Crippen LogP) is 3.70. The van der Waals surface area contributed by atoms with Crippen molar-refractivity contribution < 1.29 is 22.4 Å². The van der Waals surface area contributed by atoms with Crippen LogP contribution in [0.4, 0.5) is 13.2 Å². The van der Waals surface area contributed by atoms with Crippen molar-refractivity contribution in [3.63, 3.8) is 0 Å². The van der Waals surface area contributed by atoms with E-state index in [4.69, 9.17) is 10.2 Å². The number of carbonyl (C=O) groups excluding carboxylic acids is 1. The third kappa shape index (κ3) is 3.02. The Labute approximate surface area is 169 Å². The zero-order valence-electron chi connectivity index (χ0n) is 16.1. The van der Waals surface area contributed by atoms with Crippen molar-refractivity contribution in [1.82, 2.24) is 9.88 Å². The number of hydrogen-bond acceptors (Lipinski definition) is 5. The summed E-state index contributed by atoms with van der Waals surface area (Å²) in [6.45, 7) is 1.82. The summed E-state index contributed by atoms with van der Waals surface area (Å²) >= 11 is 0. The molecule has 30 heavy (non-hydrogen) atoms. The van der Waals surface area contributed by atoms with E-state index in [1.807, 2.05) is 13.0 Å². The molecule has 0 saturated carbocycles. The van der Waals surface area contributed by atoms with Crippen LogP contribution in [-0.2, 0) is 16.5 Å². The van der Waals surface area contributed by atoms with E-state index < -0.39 is 23.3 Å². The Morgan fingerprint density at radius 2 is 1.87 bits per heavy atom. The van der Waals surface area contributed by atoms with Gasteiger partial charge in [-0.1, -0.05) is 17.7 Å². The number of alkyl halides is 3. The molecule has 4 rings (SSSR count). The quantitative estimate of drug-likeness (QED) is 0.708. The Bertz CT molecular complexity index is 1160. The largest absolute Gasteiger partial charge is 0.472 e. The van der Waals surface area contributed by atoms with Gasteiger partial charge in [-0.3, -0.25) is 14.7 Å². The average molecular weight is 414 g/mol. The van der Waals surface area contributed by atoms with Crippen molar-refractivity contribution in [2.24, 2.45) is 10.7 Å². The monoisotopic (exact) mass is 414 g/mol. The number of aliphatic imine (C=N–C) groups is 1. The number of halogens is 3. The van der Waals surface area contributed by atoms with E-state index in [1.165, 1.54) is 19.4 Å². The maximum Gasteiger partial charge on any atom is 0.433 e. The number of guanidine groups is 1. The molecule has 0 saturated heterocycles. The van der Waals surface area contributed by atoms with Crippen LogP contribution in [0.25, 0.3) is 11.1 Å². The summed E-state index contributed by atoms with van der Waals surface area (Å²) in [5, 5.41) is 0. The van der Waals surface area contributed by atoms with Crippen LogP contribution >= 0.6 is 0 Å². The van der Waals surface area contributed by atoms with Crippen LogP contribution in [0.15, 0.2) is 64.5 Å². The molecule has 1 atom stereocenters. The second kappa shape index (κ2) is 6.72. The van der Waals surface area contributed by atoms with Gasteiger partial charge in [0.2, 0.25) is 0 Å². The minimum Gasteiger partial charge on any atom is -0.472 e. The van der Waals surface area contributed by atoms with Crippen molar-refractivity contribution in [2.75, 3.05) is 7.05 Å². The van der Waals surface area contributed by atoms with E-state index in [2.05, 4.69) is 9.98 Å². The Morgan fingerprint density at radius 1 is 1.10 bits per heavy atom. The summed E-state index contributed by atoms with van der Waals surface area (Å²) < 4.78 is 45.1. The molecule has 1 aromatic carbocycles. The normalized spacial score (nSPS) is 19.3. The zero-order valence-corrected chi connectivity index (χ0v) is 16.1. The standard InChI is InChI=1S/C21H17F3N4O2/c1-12-7-14(13-4-6-30-11-13)9-16(8-12)20(18(29)28(2)19(25)27-20)15-3-5-26-17(10-15)21(22,23)24/h3-11H,1-2H3,(H2,25,27).